The molecule has 1 aliphatic heterocycles. The van der Waals surface area contributed by atoms with Gasteiger partial charge < -0.3 is 9.47 Å². The minimum absolute atomic E-state index is 0.265. The van der Waals surface area contributed by atoms with Crippen LogP contribution in [0.1, 0.15) is 17.8 Å². The van der Waals surface area contributed by atoms with Gasteiger partial charge in [0.1, 0.15) is 21.3 Å². The van der Waals surface area contributed by atoms with E-state index in [0.29, 0.717) is 0 Å². The van der Waals surface area contributed by atoms with E-state index in [9.17, 15) is 0 Å². The van der Waals surface area contributed by atoms with Gasteiger partial charge in [-0.05, 0) is 0 Å². The van der Waals surface area contributed by atoms with Gasteiger partial charge in [0, 0.05) is 50.1 Å². The molecule has 3 rings (SSSR count). The van der Waals surface area contributed by atoms with Gasteiger partial charge in [0.15, 0.2) is 0 Å². The van der Waals surface area contributed by atoms with Crippen molar-refractivity contribution in [1.29, 1.82) is 0 Å². The fourth-order valence-corrected chi connectivity index (χ4v) is 3.85. The Morgan fingerprint density at radius 3 is 2.83 bits per heavy atom. The maximum Gasteiger partial charge on any atom is 0.142 e. The quantitative estimate of drug-likeness (QED) is 0.868. The fourth-order valence-electron chi connectivity index (χ4n) is 2.14. The third-order valence-electron chi connectivity index (χ3n) is 3.24. The van der Waals surface area contributed by atoms with E-state index in [-0.39, 0.29) is 5.60 Å². The van der Waals surface area contributed by atoms with E-state index in [2.05, 4.69) is 10.4 Å². The summed E-state index contributed by atoms with van der Waals surface area (Å²) in [5.41, 5.74) is 0.686. The van der Waals surface area contributed by atoms with Gasteiger partial charge in [0.2, 0.25) is 0 Å². The Morgan fingerprint density at radius 1 is 1.33 bits per heavy atom. The molecule has 0 spiro atoms. The Bertz CT molecular complexity index is 504. The topological polar surface area (TPSA) is 44.2 Å². The zero-order valence-electron chi connectivity index (χ0n) is 10.1. The molecule has 0 atom stereocenters. The number of thiazole rings is 2. The van der Waals surface area contributed by atoms with E-state index in [4.69, 9.17) is 14.5 Å². The van der Waals surface area contributed by atoms with Crippen LogP contribution in [0.2, 0.25) is 0 Å². The minimum atomic E-state index is -0.265. The summed E-state index contributed by atoms with van der Waals surface area (Å²) in [5, 5.41) is 6.04. The van der Waals surface area contributed by atoms with E-state index >= 15 is 0 Å². The van der Waals surface area contributed by atoms with Crippen LogP contribution in [-0.2, 0) is 15.1 Å². The standard InChI is InChI=1S/C12H14N2O2S2/c1-15-12(2-5-16-6-3-12)11-14-9(8-18-11)10-13-4-7-17-10/h4,7-8H,2-3,5-6H2,1H3. The first-order valence-corrected chi connectivity index (χ1v) is 7.59. The monoisotopic (exact) mass is 282 g/mol. The smallest absolute Gasteiger partial charge is 0.142 e. The molecule has 6 heteroatoms. The average molecular weight is 282 g/mol. The summed E-state index contributed by atoms with van der Waals surface area (Å²) in [7, 11) is 1.76. The molecule has 4 nitrogen and oxygen atoms in total. The summed E-state index contributed by atoms with van der Waals surface area (Å²) in [6, 6.07) is 0. The van der Waals surface area contributed by atoms with Crippen molar-refractivity contribution < 1.29 is 9.47 Å². The molecule has 0 aromatic carbocycles. The van der Waals surface area contributed by atoms with Gasteiger partial charge in [-0.15, -0.1) is 22.7 Å². The van der Waals surface area contributed by atoms with E-state index in [1.807, 2.05) is 5.38 Å². The van der Waals surface area contributed by atoms with Crippen LogP contribution >= 0.6 is 22.7 Å². The second-order valence-electron chi connectivity index (χ2n) is 4.19. The first-order chi connectivity index (χ1) is 8.84. The highest BCUT2D eigenvalue weighted by Crippen LogP contribution is 2.38. The summed E-state index contributed by atoms with van der Waals surface area (Å²) in [6.45, 7) is 1.47. The summed E-state index contributed by atoms with van der Waals surface area (Å²) in [4.78, 5) is 9.00. The summed E-state index contributed by atoms with van der Waals surface area (Å²) in [6.07, 6.45) is 3.54. The molecule has 0 saturated carbocycles. The third-order valence-corrected chi connectivity index (χ3v) is 5.06. The minimum Gasteiger partial charge on any atom is -0.381 e. The molecule has 1 fully saturated rings. The predicted octanol–water partition coefficient (Wildman–Crippen LogP) is 2.92. The molecule has 2 aromatic heterocycles. The Hall–Kier alpha value is -0.820. The number of methoxy groups -OCH3 is 1. The van der Waals surface area contributed by atoms with Gasteiger partial charge in [-0.25, -0.2) is 9.97 Å². The van der Waals surface area contributed by atoms with Gasteiger partial charge >= 0.3 is 0 Å². The molecular weight excluding hydrogens is 268 g/mol. The van der Waals surface area contributed by atoms with Gasteiger partial charge in [0.25, 0.3) is 0 Å². The van der Waals surface area contributed by atoms with E-state index in [1.165, 1.54) is 0 Å². The van der Waals surface area contributed by atoms with Crippen LogP contribution in [-0.4, -0.2) is 30.3 Å². The Balaban J connectivity index is 1.92. The van der Waals surface area contributed by atoms with Crippen LogP contribution in [0.25, 0.3) is 10.7 Å². The van der Waals surface area contributed by atoms with Crippen molar-refractivity contribution in [1.82, 2.24) is 9.97 Å². The Kier molecular flexibility index (Phi) is 3.43. The molecule has 0 N–H and O–H groups in total. The Labute approximate surface area is 114 Å². The normalized spacial score (nSPS) is 18.9. The lowest BCUT2D eigenvalue weighted by Crippen LogP contribution is -2.35. The first-order valence-electron chi connectivity index (χ1n) is 5.83. The van der Waals surface area contributed by atoms with Crippen molar-refractivity contribution in [3.63, 3.8) is 0 Å². The Morgan fingerprint density at radius 2 is 2.17 bits per heavy atom. The van der Waals surface area contributed by atoms with Crippen molar-refractivity contribution in [2.24, 2.45) is 0 Å². The molecule has 2 aromatic rings. The highest BCUT2D eigenvalue weighted by molar-refractivity contribution is 7.14. The molecule has 0 aliphatic carbocycles. The number of aromatic nitrogens is 2. The van der Waals surface area contributed by atoms with Gasteiger partial charge in [0.05, 0.1) is 0 Å². The maximum atomic E-state index is 5.75. The SMILES string of the molecule is COC1(c2nc(-c3nccs3)cs2)CCOCC1. The van der Waals surface area contributed by atoms with Crippen LogP contribution in [0.4, 0.5) is 0 Å². The third kappa shape index (κ3) is 2.09. The molecule has 1 aliphatic rings. The van der Waals surface area contributed by atoms with Gasteiger partial charge in [-0.2, -0.15) is 0 Å². The molecule has 18 heavy (non-hydrogen) atoms. The van der Waals surface area contributed by atoms with Gasteiger partial charge in [-0.3, -0.25) is 0 Å². The number of hydrogen-bond acceptors (Lipinski definition) is 6. The number of hydrogen-bond donors (Lipinski definition) is 0. The van der Waals surface area contributed by atoms with Crippen molar-refractivity contribution >= 4 is 22.7 Å². The highest BCUT2D eigenvalue weighted by Gasteiger charge is 2.37. The molecule has 3 heterocycles. The summed E-state index contributed by atoms with van der Waals surface area (Å²) >= 11 is 3.26. The molecular formula is C12H14N2O2S2. The molecule has 96 valence electrons. The predicted molar refractivity (Wildman–Crippen MR) is 72.0 cm³/mol. The summed E-state index contributed by atoms with van der Waals surface area (Å²) < 4.78 is 11.2. The number of rotatable bonds is 3. The van der Waals surface area contributed by atoms with Crippen LogP contribution in [0.3, 0.4) is 0 Å². The van der Waals surface area contributed by atoms with E-state index in [1.54, 1.807) is 36.0 Å². The fraction of sp³-hybridized carbons (Fsp3) is 0.500. The largest absolute Gasteiger partial charge is 0.381 e. The number of nitrogens with zero attached hydrogens (tertiary/aromatic N) is 2. The van der Waals surface area contributed by atoms with E-state index < -0.39 is 0 Å². The first kappa shape index (κ1) is 12.2. The molecule has 0 bridgehead atoms. The van der Waals surface area contributed by atoms with Crippen LogP contribution in [0.5, 0.6) is 0 Å². The molecule has 0 amide bonds. The second-order valence-corrected chi connectivity index (χ2v) is 5.94. The summed E-state index contributed by atoms with van der Waals surface area (Å²) in [5.74, 6) is 0. The lowest BCUT2D eigenvalue weighted by Gasteiger charge is -2.33. The average Bonchev–Trinajstić information content (AvgIpc) is 3.10. The van der Waals surface area contributed by atoms with Crippen LogP contribution in [0, 0.1) is 0 Å². The molecule has 0 unspecified atom stereocenters. The zero-order chi connectivity index (χ0) is 12.4. The highest BCUT2D eigenvalue weighted by atomic mass is 32.1. The molecule has 1 saturated heterocycles. The zero-order valence-corrected chi connectivity index (χ0v) is 11.7. The second kappa shape index (κ2) is 5.05. The van der Waals surface area contributed by atoms with Crippen LogP contribution in [0.15, 0.2) is 17.0 Å². The van der Waals surface area contributed by atoms with E-state index in [0.717, 1.165) is 41.8 Å². The van der Waals surface area contributed by atoms with Gasteiger partial charge in [-0.1, -0.05) is 0 Å². The number of ether oxygens (including phenoxy) is 2. The lowest BCUT2D eigenvalue weighted by atomic mass is 9.95. The van der Waals surface area contributed by atoms with Crippen molar-refractivity contribution in [3.05, 3.63) is 22.0 Å². The van der Waals surface area contributed by atoms with Crippen molar-refractivity contribution in [2.45, 2.75) is 18.4 Å². The van der Waals surface area contributed by atoms with Crippen molar-refractivity contribution in [2.75, 3.05) is 20.3 Å². The molecule has 0 radical (unpaired) electrons. The van der Waals surface area contributed by atoms with Crippen LogP contribution < -0.4 is 0 Å². The maximum absolute atomic E-state index is 5.75. The lowest BCUT2D eigenvalue weighted by molar-refractivity contribution is -0.0947. The van der Waals surface area contributed by atoms with Crippen molar-refractivity contribution in [3.8, 4) is 10.7 Å².